The zero-order chi connectivity index (χ0) is 15.4. The average Bonchev–Trinajstić information content (AvgIpc) is 2.45. The van der Waals surface area contributed by atoms with Crippen LogP contribution in [-0.2, 0) is 0 Å². The smallest absolute Gasteiger partial charge is 0.251 e. The first kappa shape index (κ1) is 15.4. The molecule has 1 amide bonds. The van der Waals surface area contributed by atoms with E-state index in [1.165, 1.54) is 0 Å². The van der Waals surface area contributed by atoms with Crippen molar-refractivity contribution in [1.29, 1.82) is 0 Å². The Balaban J connectivity index is 2.20. The van der Waals surface area contributed by atoms with E-state index in [2.05, 4.69) is 19.2 Å². The van der Waals surface area contributed by atoms with E-state index in [1.54, 1.807) is 24.3 Å². The number of anilines is 1. The van der Waals surface area contributed by atoms with Crippen LogP contribution in [0.3, 0.4) is 0 Å². The molecular weight excluding hydrogens is 284 g/mol. The second-order valence-corrected chi connectivity index (χ2v) is 5.81. The van der Waals surface area contributed by atoms with Crippen LogP contribution in [-0.4, -0.2) is 5.91 Å². The van der Waals surface area contributed by atoms with Gasteiger partial charge in [0.15, 0.2) is 0 Å². The Morgan fingerprint density at radius 3 is 2.38 bits per heavy atom. The van der Waals surface area contributed by atoms with Crippen LogP contribution in [0.5, 0.6) is 0 Å². The van der Waals surface area contributed by atoms with Crippen LogP contribution in [0.4, 0.5) is 5.69 Å². The predicted octanol–water partition coefficient (Wildman–Crippen LogP) is 4.05. The summed E-state index contributed by atoms with van der Waals surface area (Å²) >= 11 is 5.91. The Kier molecular flexibility index (Phi) is 4.86. The van der Waals surface area contributed by atoms with E-state index >= 15 is 0 Å². The molecule has 3 N–H and O–H groups in total. The van der Waals surface area contributed by atoms with Crippen molar-refractivity contribution in [2.45, 2.75) is 19.9 Å². The van der Waals surface area contributed by atoms with Gasteiger partial charge in [0.1, 0.15) is 0 Å². The van der Waals surface area contributed by atoms with Gasteiger partial charge in [-0.05, 0) is 41.8 Å². The van der Waals surface area contributed by atoms with Crippen molar-refractivity contribution in [1.82, 2.24) is 5.32 Å². The maximum absolute atomic E-state index is 12.4. The molecule has 0 aliphatic heterocycles. The molecule has 0 aliphatic carbocycles. The molecule has 3 nitrogen and oxygen atoms in total. The molecule has 0 heterocycles. The molecule has 1 atom stereocenters. The van der Waals surface area contributed by atoms with E-state index in [0.29, 0.717) is 16.3 Å². The fourth-order valence-electron chi connectivity index (χ4n) is 2.21. The number of benzene rings is 2. The maximum Gasteiger partial charge on any atom is 0.251 e. The highest BCUT2D eigenvalue weighted by atomic mass is 35.5. The molecule has 1 unspecified atom stereocenters. The molecule has 0 saturated heterocycles. The molecule has 0 saturated carbocycles. The number of nitrogen functional groups attached to an aromatic ring is 1. The van der Waals surface area contributed by atoms with Crippen molar-refractivity contribution >= 4 is 23.2 Å². The Hall–Kier alpha value is -2.00. The van der Waals surface area contributed by atoms with E-state index in [1.807, 2.05) is 24.3 Å². The van der Waals surface area contributed by atoms with E-state index in [4.69, 9.17) is 17.3 Å². The second kappa shape index (κ2) is 6.64. The minimum absolute atomic E-state index is 0.0730. The normalized spacial score (nSPS) is 12.2. The summed E-state index contributed by atoms with van der Waals surface area (Å²) in [7, 11) is 0. The lowest BCUT2D eigenvalue weighted by atomic mass is 9.95. The Morgan fingerprint density at radius 1 is 1.14 bits per heavy atom. The van der Waals surface area contributed by atoms with Crippen molar-refractivity contribution in [3.8, 4) is 0 Å². The maximum atomic E-state index is 12.4. The number of hydrogen-bond donors (Lipinski definition) is 2. The van der Waals surface area contributed by atoms with Gasteiger partial charge in [0.25, 0.3) is 5.91 Å². The van der Waals surface area contributed by atoms with Crippen LogP contribution < -0.4 is 11.1 Å². The summed E-state index contributed by atoms with van der Waals surface area (Å²) in [6.45, 7) is 4.14. The van der Waals surface area contributed by atoms with Crippen LogP contribution in [0, 0.1) is 5.92 Å². The molecule has 0 fully saturated rings. The number of rotatable bonds is 4. The summed E-state index contributed by atoms with van der Waals surface area (Å²) in [6, 6.07) is 14.4. The van der Waals surface area contributed by atoms with E-state index < -0.39 is 0 Å². The monoisotopic (exact) mass is 302 g/mol. The van der Waals surface area contributed by atoms with Crippen LogP contribution >= 0.6 is 11.6 Å². The number of amides is 1. The summed E-state index contributed by atoms with van der Waals surface area (Å²) in [6.07, 6.45) is 0. The molecule has 4 heteroatoms. The first-order valence-corrected chi connectivity index (χ1v) is 7.27. The Morgan fingerprint density at radius 2 is 1.81 bits per heavy atom. The SMILES string of the molecule is CC(C)C(NC(=O)c1cccc(N)c1)c1ccc(Cl)cc1. The minimum Gasteiger partial charge on any atom is -0.399 e. The van der Waals surface area contributed by atoms with Gasteiger partial charge >= 0.3 is 0 Å². The lowest BCUT2D eigenvalue weighted by molar-refractivity contribution is 0.0925. The van der Waals surface area contributed by atoms with Crippen LogP contribution in [0.15, 0.2) is 48.5 Å². The van der Waals surface area contributed by atoms with Gasteiger partial charge < -0.3 is 11.1 Å². The third-order valence-corrected chi connectivity index (χ3v) is 3.58. The van der Waals surface area contributed by atoms with Crippen LogP contribution in [0.2, 0.25) is 5.02 Å². The predicted molar refractivity (Wildman–Crippen MR) is 87.4 cm³/mol. The van der Waals surface area contributed by atoms with E-state index in [9.17, 15) is 4.79 Å². The Labute approximate surface area is 130 Å². The summed E-state index contributed by atoms with van der Waals surface area (Å²) in [5, 5.41) is 3.74. The molecule has 0 spiro atoms. The number of carbonyl (C=O) groups excluding carboxylic acids is 1. The zero-order valence-electron chi connectivity index (χ0n) is 12.1. The van der Waals surface area contributed by atoms with Crippen molar-refractivity contribution in [2.24, 2.45) is 5.92 Å². The second-order valence-electron chi connectivity index (χ2n) is 5.37. The minimum atomic E-state index is -0.129. The number of carbonyl (C=O) groups is 1. The highest BCUT2D eigenvalue weighted by molar-refractivity contribution is 6.30. The lowest BCUT2D eigenvalue weighted by Gasteiger charge is -2.23. The Bertz CT molecular complexity index is 623. The lowest BCUT2D eigenvalue weighted by Crippen LogP contribution is -2.31. The van der Waals surface area contributed by atoms with Crippen molar-refractivity contribution < 1.29 is 4.79 Å². The number of halogens is 1. The van der Waals surface area contributed by atoms with Gasteiger partial charge in [-0.15, -0.1) is 0 Å². The topological polar surface area (TPSA) is 55.1 Å². The molecule has 21 heavy (non-hydrogen) atoms. The third kappa shape index (κ3) is 3.99. The van der Waals surface area contributed by atoms with Crippen molar-refractivity contribution in [3.05, 3.63) is 64.7 Å². The average molecular weight is 303 g/mol. The van der Waals surface area contributed by atoms with Crippen LogP contribution in [0.25, 0.3) is 0 Å². The number of hydrogen-bond acceptors (Lipinski definition) is 2. The van der Waals surface area contributed by atoms with Gasteiger partial charge in [0, 0.05) is 16.3 Å². The van der Waals surface area contributed by atoms with Gasteiger partial charge in [-0.3, -0.25) is 4.79 Å². The summed E-state index contributed by atoms with van der Waals surface area (Å²) < 4.78 is 0. The number of nitrogens with one attached hydrogen (secondary N) is 1. The molecule has 2 rings (SSSR count). The molecule has 110 valence electrons. The highest BCUT2D eigenvalue weighted by Gasteiger charge is 2.19. The fraction of sp³-hybridized carbons (Fsp3) is 0.235. The van der Waals surface area contributed by atoms with E-state index in [-0.39, 0.29) is 17.9 Å². The first-order valence-electron chi connectivity index (χ1n) is 6.89. The van der Waals surface area contributed by atoms with Crippen molar-refractivity contribution in [3.63, 3.8) is 0 Å². The van der Waals surface area contributed by atoms with Gasteiger partial charge in [-0.25, -0.2) is 0 Å². The molecular formula is C17H19ClN2O. The summed E-state index contributed by atoms with van der Waals surface area (Å²) in [5.74, 6) is 0.132. The van der Waals surface area contributed by atoms with Gasteiger partial charge in [-0.2, -0.15) is 0 Å². The zero-order valence-corrected chi connectivity index (χ0v) is 12.9. The van der Waals surface area contributed by atoms with Crippen molar-refractivity contribution in [2.75, 3.05) is 5.73 Å². The molecule has 2 aromatic rings. The van der Waals surface area contributed by atoms with Gasteiger partial charge in [0.2, 0.25) is 0 Å². The number of nitrogens with two attached hydrogens (primary N) is 1. The first-order chi connectivity index (χ1) is 9.97. The largest absolute Gasteiger partial charge is 0.399 e. The molecule has 0 aromatic heterocycles. The third-order valence-electron chi connectivity index (χ3n) is 3.33. The molecule has 0 aliphatic rings. The highest BCUT2D eigenvalue weighted by Crippen LogP contribution is 2.24. The van der Waals surface area contributed by atoms with Crippen LogP contribution in [0.1, 0.15) is 35.8 Å². The van der Waals surface area contributed by atoms with Gasteiger partial charge in [0.05, 0.1) is 6.04 Å². The molecule has 0 bridgehead atoms. The fourth-order valence-corrected chi connectivity index (χ4v) is 2.34. The molecule has 2 aromatic carbocycles. The quantitative estimate of drug-likeness (QED) is 0.837. The summed E-state index contributed by atoms with van der Waals surface area (Å²) in [5.41, 5.74) is 7.90. The van der Waals surface area contributed by atoms with E-state index in [0.717, 1.165) is 5.56 Å². The summed E-state index contributed by atoms with van der Waals surface area (Å²) in [4.78, 5) is 12.4. The molecule has 0 radical (unpaired) electrons. The van der Waals surface area contributed by atoms with Gasteiger partial charge in [-0.1, -0.05) is 43.6 Å². The standard InChI is InChI=1S/C17H19ClN2O/c1-11(2)16(12-6-8-14(18)9-7-12)20-17(21)13-4-3-5-15(19)10-13/h3-11,16H,19H2,1-2H3,(H,20,21).